The van der Waals surface area contributed by atoms with Gasteiger partial charge in [0, 0.05) is 30.8 Å². The molecule has 3 rings (SSSR count). The van der Waals surface area contributed by atoms with E-state index < -0.39 is 20.9 Å². The second kappa shape index (κ2) is 10.3. The first-order chi connectivity index (χ1) is 15.2. The van der Waals surface area contributed by atoms with Gasteiger partial charge in [-0.1, -0.05) is 11.6 Å². The molecule has 0 aromatic heterocycles. The number of carbonyl (C=O) groups excluding carboxylic acids is 1. The number of hydrogen-bond donors (Lipinski definition) is 1. The number of nitrogens with zero attached hydrogens (tertiary/aromatic N) is 1. The Bertz CT molecular complexity index is 1120. The van der Waals surface area contributed by atoms with E-state index in [4.69, 9.17) is 25.8 Å². The van der Waals surface area contributed by atoms with Gasteiger partial charge in [-0.05, 0) is 37.1 Å². The van der Waals surface area contributed by atoms with Gasteiger partial charge in [0.25, 0.3) is 5.69 Å². The van der Waals surface area contributed by atoms with Crippen LogP contribution < -0.4 is 9.46 Å². The van der Waals surface area contributed by atoms with E-state index in [1.165, 1.54) is 37.4 Å². The molecule has 2 aromatic rings. The Morgan fingerprint density at radius 3 is 2.75 bits per heavy atom. The summed E-state index contributed by atoms with van der Waals surface area (Å²) >= 11 is 6.06. The number of nitro groups is 1. The summed E-state index contributed by atoms with van der Waals surface area (Å²) in [6.07, 6.45) is 1.41. The molecule has 1 unspecified atom stereocenters. The number of rotatable bonds is 9. The second-order valence-electron chi connectivity index (χ2n) is 6.96. The third-order valence-electron chi connectivity index (χ3n) is 4.82. The number of esters is 1. The van der Waals surface area contributed by atoms with Crippen molar-refractivity contribution in [3.63, 3.8) is 0 Å². The zero-order valence-corrected chi connectivity index (χ0v) is 18.6. The van der Waals surface area contributed by atoms with Crippen molar-refractivity contribution in [1.82, 2.24) is 4.72 Å². The molecular weight excluding hydrogens is 464 g/mol. The lowest BCUT2D eigenvalue weighted by Crippen LogP contribution is -2.32. The van der Waals surface area contributed by atoms with Crippen molar-refractivity contribution in [2.45, 2.75) is 30.4 Å². The van der Waals surface area contributed by atoms with Crippen molar-refractivity contribution in [1.29, 1.82) is 0 Å². The molecule has 1 fully saturated rings. The van der Waals surface area contributed by atoms with Gasteiger partial charge in [-0.15, -0.1) is 0 Å². The molecule has 10 nitrogen and oxygen atoms in total. The molecule has 172 valence electrons. The Kier molecular flexibility index (Phi) is 7.67. The van der Waals surface area contributed by atoms with Crippen LogP contribution in [0.25, 0.3) is 0 Å². The van der Waals surface area contributed by atoms with E-state index in [-0.39, 0.29) is 46.0 Å². The number of sulfonamides is 1. The molecule has 0 radical (unpaired) electrons. The maximum atomic E-state index is 12.7. The molecule has 1 N–H and O–H groups in total. The van der Waals surface area contributed by atoms with Crippen molar-refractivity contribution in [3.05, 3.63) is 62.7 Å². The predicted octanol–water partition coefficient (Wildman–Crippen LogP) is 3.07. The third kappa shape index (κ3) is 5.74. The summed E-state index contributed by atoms with van der Waals surface area (Å²) in [6, 6.07) is 7.63. The fourth-order valence-corrected chi connectivity index (χ4v) is 4.73. The van der Waals surface area contributed by atoms with Crippen molar-refractivity contribution in [2.75, 3.05) is 20.3 Å². The van der Waals surface area contributed by atoms with Gasteiger partial charge in [0.1, 0.15) is 17.3 Å². The van der Waals surface area contributed by atoms with Gasteiger partial charge in [0.15, 0.2) is 0 Å². The summed E-state index contributed by atoms with van der Waals surface area (Å²) in [7, 11) is -2.61. The Balaban J connectivity index is 1.74. The highest BCUT2D eigenvalue weighted by molar-refractivity contribution is 7.89. The lowest BCUT2D eigenvalue weighted by Gasteiger charge is -2.13. The van der Waals surface area contributed by atoms with Gasteiger partial charge in [0.2, 0.25) is 10.0 Å². The fourth-order valence-electron chi connectivity index (χ4n) is 3.14. The van der Waals surface area contributed by atoms with Crippen molar-refractivity contribution < 1.29 is 32.3 Å². The molecule has 0 spiro atoms. The van der Waals surface area contributed by atoms with Crippen LogP contribution in [0.1, 0.15) is 28.8 Å². The summed E-state index contributed by atoms with van der Waals surface area (Å²) < 4.78 is 43.5. The Morgan fingerprint density at radius 1 is 1.31 bits per heavy atom. The molecule has 1 aliphatic heterocycles. The number of nitro benzene ring substituents is 1. The topological polar surface area (TPSA) is 134 Å². The number of nitrogens with one attached hydrogen (secondary N) is 1. The molecule has 32 heavy (non-hydrogen) atoms. The van der Waals surface area contributed by atoms with Crippen LogP contribution in [0, 0.1) is 10.1 Å². The number of hydrogen-bond acceptors (Lipinski definition) is 8. The summed E-state index contributed by atoms with van der Waals surface area (Å²) in [5, 5.41) is 10.9. The van der Waals surface area contributed by atoms with Gasteiger partial charge in [-0.2, -0.15) is 0 Å². The molecule has 0 saturated carbocycles. The first-order valence-electron chi connectivity index (χ1n) is 9.60. The maximum Gasteiger partial charge on any atom is 0.338 e. The van der Waals surface area contributed by atoms with Crippen LogP contribution in [-0.4, -0.2) is 45.7 Å². The molecule has 1 aliphatic rings. The quantitative estimate of drug-likeness (QED) is 0.326. The second-order valence-corrected chi connectivity index (χ2v) is 9.10. The number of carbonyl (C=O) groups is 1. The SMILES string of the molecule is COc1ccc([N+](=O)[O-])cc1COC(=O)c1ccc(Cl)c(S(=O)(=O)NCC2CCCO2)c1. The van der Waals surface area contributed by atoms with E-state index in [9.17, 15) is 23.3 Å². The summed E-state index contributed by atoms with van der Waals surface area (Å²) in [4.78, 5) is 22.7. The maximum absolute atomic E-state index is 12.7. The highest BCUT2D eigenvalue weighted by Crippen LogP contribution is 2.26. The molecule has 2 aromatic carbocycles. The molecule has 1 saturated heterocycles. The Hall–Kier alpha value is -2.73. The molecule has 0 bridgehead atoms. The zero-order chi connectivity index (χ0) is 23.3. The number of methoxy groups -OCH3 is 1. The van der Waals surface area contributed by atoms with E-state index >= 15 is 0 Å². The lowest BCUT2D eigenvalue weighted by molar-refractivity contribution is -0.385. The van der Waals surface area contributed by atoms with Crippen LogP contribution in [0.2, 0.25) is 5.02 Å². The van der Waals surface area contributed by atoms with Crippen LogP contribution in [0.3, 0.4) is 0 Å². The van der Waals surface area contributed by atoms with Crippen molar-refractivity contribution in [2.24, 2.45) is 0 Å². The fraction of sp³-hybridized carbons (Fsp3) is 0.350. The van der Waals surface area contributed by atoms with Gasteiger partial charge >= 0.3 is 5.97 Å². The monoisotopic (exact) mass is 484 g/mol. The Labute approximate surface area is 189 Å². The minimum atomic E-state index is -3.99. The van der Waals surface area contributed by atoms with Crippen LogP contribution in [0.5, 0.6) is 5.75 Å². The summed E-state index contributed by atoms with van der Waals surface area (Å²) in [5.41, 5.74) is 0.0559. The average Bonchev–Trinajstić information content (AvgIpc) is 3.30. The van der Waals surface area contributed by atoms with E-state index in [0.29, 0.717) is 12.4 Å². The molecular formula is C20H21ClN2O8S. The number of ether oxygens (including phenoxy) is 3. The molecule has 0 amide bonds. The van der Waals surface area contributed by atoms with Crippen molar-refractivity contribution in [3.8, 4) is 5.75 Å². The van der Waals surface area contributed by atoms with Crippen LogP contribution in [0.4, 0.5) is 5.69 Å². The van der Waals surface area contributed by atoms with Gasteiger partial charge in [0.05, 0.1) is 28.7 Å². The van der Waals surface area contributed by atoms with Gasteiger partial charge < -0.3 is 14.2 Å². The highest BCUT2D eigenvalue weighted by Gasteiger charge is 2.24. The van der Waals surface area contributed by atoms with Crippen LogP contribution in [-0.2, 0) is 26.1 Å². The smallest absolute Gasteiger partial charge is 0.338 e. The predicted molar refractivity (Wildman–Crippen MR) is 114 cm³/mol. The minimum Gasteiger partial charge on any atom is -0.496 e. The van der Waals surface area contributed by atoms with E-state index in [1.807, 2.05) is 0 Å². The normalized spacial score (nSPS) is 16.0. The highest BCUT2D eigenvalue weighted by atomic mass is 35.5. The summed E-state index contributed by atoms with van der Waals surface area (Å²) in [5.74, 6) is -0.521. The molecule has 12 heteroatoms. The van der Waals surface area contributed by atoms with Crippen LogP contribution >= 0.6 is 11.6 Å². The van der Waals surface area contributed by atoms with Gasteiger partial charge in [-0.25, -0.2) is 17.9 Å². The first kappa shape index (κ1) is 23.9. The van der Waals surface area contributed by atoms with Crippen molar-refractivity contribution >= 4 is 33.3 Å². The largest absolute Gasteiger partial charge is 0.496 e. The zero-order valence-electron chi connectivity index (χ0n) is 17.1. The summed E-state index contributed by atoms with van der Waals surface area (Å²) in [6.45, 7) is 0.370. The minimum absolute atomic E-state index is 0.0451. The number of halogens is 1. The molecule has 0 aliphatic carbocycles. The number of benzene rings is 2. The average molecular weight is 485 g/mol. The van der Waals surface area contributed by atoms with E-state index in [0.717, 1.165) is 18.9 Å². The number of non-ortho nitro benzene ring substituents is 1. The molecule has 1 heterocycles. The van der Waals surface area contributed by atoms with Gasteiger partial charge in [-0.3, -0.25) is 10.1 Å². The third-order valence-corrected chi connectivity index (χ3v) is 6.72. The van der Waals surface area contributed by atoms with E-state index in [1.54, 1.807) is 0 Å². The lowest BCUT2D eigenvalue weighted by atomic mass is 10.2. The first-order valence-corrected chi connectivity index (χ1v) is 11.5. The van der Waals surface area contributed by atoms with Crippen LogP contribution in [0.15, 0.2) is 41.3 Å². The van der Waals surface area contributed by atoms with E-state index in [2.05, 4.69) is 4.72 Å². The Morgan fingerprint density at radius 2 is 2.09 bits per heavy atom. The molecule has 1 atom stereocenters. The standard InChI is InChI=1S/C20H21ClN2O8S/c1-29-18-7-5-15(23(25)26)9-14(18)12-31-20(24)13-4-6-17(21)19(10-13)32(27,28)22-11-16-3-2-8-30-16/h4-7,9-10,16,22H,2-3,8,11-12H2,1H3.